The fourth-order valence-corrected chi connectivity index (χ4v) is 4.20. The number of halogens is 1. The van der Waals surface area contributed by atoms with Crippen molar-refractivity contribution in [1.82, 2.24) is 14.3 Å². The van der Waals surface area contributed by atoms with Gasteiger partial charge in [0, 0.05) is 37.9 Å². The number of amides is 1. The normalized spacial score (nSPS) is 14.3. The van der Waals surface area contributed by atoms with Gasteiger partial charge in [-0.15, -0.1) is 0 Å². The van der Waals surface area contributed by atoms with Gasteiger partial charge in [0.1, 0.15) is 17.2 Å². The number of anilines is 1. The Hall–Kier alpha value is -3.62. The van der Waals surface area contributed by atoms with Crippen LogP contribution in [0.15, 0.2) is 36.7 Å². The molecule has 4 rings (SSSR count). The molecule has 9 heteroatoms. The highest BCUT2D eigenvalue weighted by molar-refractivity contribution is 6.00. The summed E-state index contributed by atoms with van der Waals surface area (Å²) in [7, 11) is 0. The average Bonchev–Trinajstić information content (AvgIpc) is 3.18. The second-order valence-electron chi connectivity index (χ2n) is 9.54. The number of pyridine rings is 1. The second-order valence-corrected chi connectivity index (χ2v) is 9.54. The summed E-state index contributed by atoms with van der Waals surface area (Å²) in [5, 5.41) is 0. The summed E-state index contributed by atoms with van der Waals surface area (Å²) in [5.41, 5.74) is 2.66. The SMILES string of the molecule is CCOC(=O)c1cc(F)ccc1-c1cc(N2CCN(C(=O)OC(C)(C)C)CC2)cn2c(C)ncc12. The van der Waals surface area contributed by atoms with Gasteiger partial charge in [0.15, 0.2) is 0 Å². The molecule has 1 saturated heterocycles. The van der Waals surface area contributed by atoms with Crippen LogP contribution >= 0.6 is 0 Å². The van der Waals surface area contributed by atoms with E-state index in [4.69, 9.17) is 9.47 Å². The van der Waals surface area contributed by atoms with Gasteiger partial charge in [-0.3, -0.25) is 0 Å². The molecule has 0 aliphatic carbocycles. The van der Waals surface area contributed by atoms with Crippen molar-refractivity contribution in [2.75, 3.05) is 37.7 Å². The molecule has 1 aliphatic heterocycles. The quantitative estimate of drug-likeness (QED) is 0.503. The number of aryl methyl sites for hydroxylation is 1. The summed E-state index contributed by atoms with van der Waals surface area (Å²) >= 11 is 0. The molecule has 2 aromatic heterocycles. The number of imidazole rings is 1. The number of fused-ring (bicyclic) bond motifs is 1. The minimum atomic E-state index is -0.576. The summed E-state index contributed by atoms with van der Waals surface area (Å²) in [4.78, 5) is 33.4. The van der Waals surface area contributed by atoms with Crippen LogP contribution in [-0.4, -0.2) is 64.7 Å². The molecule has 0 N–H and O–H groups in total. The third-order valence-corrected chi connectivity index (χ3v) is 5.88. The zero-order chi connectivity index (χ0) is 25.3. The van der Waals surface area contributed by atoms with Gasteiger partial charge in [0.05, 0.1) is 29.6 Å². The van der Waals surface area contributed by atoms with E-state index in [0.29, 0.717) is 31.7 Å². The number of benzene rings is 1. The number of ether oxygens (including phenoxy) is 2. The predicted octanol–water partition coefficient (Wildman–Crippen LogP) is 4.68. The van der Waals surface area contributed by atoms with E-state index < -0.39 is 17.4 Å². The molecule has 0 spiro atoms. The molecule has 8 nitrogen and oxygen atoms in total. The number of rotatable bonds is 4. The van der Waals surface area contributed by atoms with Crippen LogP contribution < -0.4 is 4.90 Å². The molecule has 1 fully saturated rings. The zero-order valence-corrected chi connectivity index (χ0v) is 20.8. The van der Waals surface area contributed by atoms with Crippen molar-refractivity contribution in [2.24, 2.45) is 0 Å². The molecule has 35 heavy (non-hydrogen) atoms. The Labute approximate surface area is 204 Å². The Morgan fingerprint density at radius 3 is 2.46 bits per heavy atom. The Morgan fingerprint density at radius 2 is 1.80 bits per heavy atom. The molecule has 0 unspecified atom stereocenters. The molecule has 0 atom stereocenters. The number of nitrogens with zero attached hydrogens (tertiary/aromatic N) is 4. The van der Waals surface area contributed by atoms with Crippen molar-refractivity contribution in [1.29, 1.82) is 0 Å². The van der Waals surface area contributed by atoms with Crippen LogP contribution in [0.5, 0.6) is 0 Å². The van der Waals surface area contributed by atoms with E-state index >= 15 is 0 Å². The standard InChI is InChI=1S/C26H31FN4O4/c1-6-34-24(32)22-13-18(27)7-8-20(22)21-14-19(16-31-17(2)28-15-23(21)31)29-9-11-30(12-10-29)25(33)35-26(3,4)5/h7-8,13-16H,6,9-12H2,1-5H3. The van der Waals surface area contributed by atoms with E-state index in [2.05, 4.69) is 9.88 Å². The first-order chi connectivity index (χ1) is 16.6. The van der Waals surface area contributed by atoms with E-state index in [0.717, 1.165) is 22.6 Å². The zero-order valence-electron chi connectivity index (χ0n) is 20.8. The number of carbonyl (C=O) groups excluding carboxylic acids is 2. The predicted molar refractivity (Wildman–Crippen MR) is 131 cm³/mol. The lowest BCUT2D eigenvalue weighted by atomic mass is 9.98. The molecule has 186 valence electrons. The fourth-order valence-electron chi connectivity index (χ4n) is 4.20. The van der Waals surface area contributed by atoms with E-state index in [9.17, 15) is 14.0 Å². The highest BCUT2D eigenvalue weighted by Crippen LogP contribution is 2.33. The fraction of sp³-hybridized carbons (Fsp3) is 0.423. The Bertz CT molecular complexity index is 1260. The summed E-state index contributed by atoms with van der Waals surface area (Å²) in [6.45, 7) is 11.6. The van der Waals surface area contributed by atoms with Crippen molar-refractivity contribution in [3.05, 3.63) is 53.9 Å². The lowest BCUT2D eigenvalue weighted by Gasteiger charge is -2.37. The lowest BCUT2D eigenvalue weighted by molar-refractivity contribution is 0.0240. The Balaban J connectivity index is 1.69. The van der Waals surface area contributed by atoms with E-state index in [1.165, 1.54) is 12.1 Å². The first kappa shape index (κ1) is 24.5. The van der Waals surface area contributed by atoms with Crippen LogP contribution in [0.2, 0.25) is 0 Å². The first-order valence-electron chi connectivity index (χ1n) is 11.7. The number of esters is 1. The van der Waals surface area contributed by atoms with Crippen molar-refractivity contribution in [3.63, 3.8) is 0 Å². The topological polar surface area (TPSA) is 76.4 Å². The molecule has 3 heterocycles. The number of aromatic nitrogens is 2. The number of hydrogen-bond acceptors (Lipinski definition) is 6. The van der Waals surface area contributed by atoms with Gasteiger partial charge in [-0.25, -0.2) is 19.0 Å². The molecule has 3 aromatic rings. The average molecular weight is 483 g/mol. The van der Waals surface area contributed by atoms with Gasteiger partial charge in [-0.2, -0.15) is 0 Å². The van der Waals surface area contributed by atoms with Gasteiger partial charge in [-0.05, 0) is 58.4 Å². The molecule has 1 aliphatic rings. The van der Waals surface area contributed by atoms with Crippen molar-refractivity contribution < 1.29 is 23.5 Å². The van der Waals surface area contributed by atoms with Gasteiger partial charge < -0.3 is 23.7 Å². The number of piperazine rings is 1. The molecule has 0 saturated carbocycles. The van der Waals surface area contributed by atoms with Crippen molar-refractivity contribution >= 4 is 23.3 Å². The van der Waals surface area contributed by atoms with Crippen molar-refractivity contribution in [2.45, 2.75) is 40.2 Å². The smallest absolute Gasteiger partial charge is 0.410 e. The molecular formula is C26H31FN4O4. The second kappa shape index (κ2) is 9.56. The maximum Gasteiger partial charge on any atom is 0.410 e. The first-order valence-corrected chi connectivity index (χ1v) is 11.7. The molecule has 0 radical (unpaired) electrons. The van der Waals surface area contributed by atoms with E-state index in [-0.39, 0.29) is 18.3 Å². The van der Waals surface area contributed by atoms with Crippen LogP contribution in [-0.2, 0) is 9.47 Å². The maximum absolute atomic E-state index is 14.1. The minimum absolute atomic E-state index is 0.166. The lowest BCUT2D eigenvalue weighted by Crippen LogP contribution is -2.50. The Kier molecular flexibility index (Phi) is 6.69. The van der Waals surface area contributed by atoms with Gasteiger partial charge in [0.2, 0.25) is 0 Å². The molecule has 1 amide bonds. The maximum atomic E-state index is 14.1. The third kappa shape index (κ3) is 5.23. The van der Waals surface area contributed by atoms with Gasteiger partial charge in [-0.1, -0.05) is 6.07 Å². The summed E-state index contributed by atoms with van der Waals surface area (Å²) < 4.78 is 26.7. The van der Waals surface area contributed by atoms with Crippen LogP contribution in [0.25, 0.3) is 16.6 Å². The summed E-state index contributed by atoms with van der Waals surface area (Å²) in [6.07, 6.45) is 3.43. The van der Waals surface area contributed by atoms with Gasteiger partial charge in [0.25, 0.3) is 0 Å². The van der Waals surface area contributed by atoms with Crippen LogP contribution in [0, 0.1) is 12.7 Å². The molecular weight excluding hydrogens is 451 g/mol. The van der Waals surface area contributed by atoms with Crippen LogP contribution in [0.4, 0.5) is 14.9 Å². The van der Waals surface area contributed by atoms with Crippen LogP contribution in [0.3, 0.4) is 0 Å². The minimum Gasteiger partial charge on any atom is -0.462 e. The number of carbonyl (C=O) groups is 2. The molecule has 1 aromatic carbocycles. The summed E-state index contributed by atoms with van der Waals surface area (Å²) in [5.74, 6) is -0.296. The Morgan fingerprint density at radius 1 is 1.09 bits per heavy atom. The van der Waals surface area contributed by atoms with Gasteiger partial charge >= 0.3 is 12.1 Å². The van der Waals surface area contributed by atoms with E-state index in [1.807, 2.05) is 44.4 Å². The third-order valence-electron chi connectivity index (χ3n) is 5.88. The van der Waals surface area contributed by atoms with Crippen LogP contribution in [0.1, 0.15) is 43.9 Å². The monoisotopic (exact) mass is 482 g/mol. The molecule has 0 bridgehead atoms. The van der Waals surface area contributed by atoms with E-state index in [1.54, 1.807) is 24.1 Å². The number of hydrogen-bond donors (Lipinski definition) is 0. The highest BCUT2D eigenvalue weighted by Gasteiger charge is 2.27. The highest BCUT2D eigenvalue weighted by atomic mass is 19.1. The summed E-state index contributed by atoms with van der Waals surface area (Å²) in [6, 6.07) is 6.13. The van der Waals surface area contributed by atoms with Crippen molar-refractivity contribution in [3.8, 4) is 11.1 Å². The largest absolute Gasteiger partial charge is 0.462 e.